The molecule has 1 aliphatic heterocycles. The van der Waals surface area contributed by atoms with Crippen molar-refractivity contribution in [3.8, 4) is 0 Å². The van der Waals surface area contributed by atoms with Crippen molar-refractivity contribution in [1.82, 2.24) is 4.98 Å². The normalized spacial score (nSPS) is 22.7. The van der Waals surface area contributed by atoms with E-state index in [4.69, 9.17) is 17.3 Å². The van der Waals surface area contributed by atoms with Crippen LogP contribution in [0.4, 0.5) is 5.13 Å². The summed E-state index contributed by atoms with van der Waals surface area (Å²) in [5.41, 5.74) is 5.68. The molecule has 2 heterocycles. The third-order valence-electron chi connectivity index (χ3n) is 2.59. The zero-order chi connectivity index (χ0) is 9.97. The van der Waals surface area contributed by atoms with Crippen LogP contribution in [0.3, 0.4) is 0 Å². The Kier molecular flexibility index (Phi) is 3.26. The largest absolute Gasteiger partial charge is 0.348 e. The van der Waals surface area contributed by atoms with E-state index in [1.165, 1.54) is 12.8 Å². The van der Waals surface area contributed by atoms with E-state index in [0.717, 1.165) is 24.8 Å². The smallest absolute Gasteiger partial charge is 0.186 e. The summed E-state index contributed by atoms with van der Waals surface area (Å²) in [6.45, 7) is 2.89. The van der Waals surface area contributed by atoms with Crippen LogP contribution in [0.1, 0.15) is 12.8 Å². The Balaban J connectivity index is 2.04. The first kappa shape index (κ1) is 10.2. The molecular weight excluding hydrogens is 218 g/mol. The number of anilines is 1. The van der Waals surface area contributed by atoms with E-state index in [1.54, 1.807) is 11.3 Å². The predicted molar refractivity (Wildman–Crippen MR) is 61.1 cm³/mol. The van der Waals surface area contributed by atoms with Crippen molar-refractivity contribution in [3.63, 3.8) is 0 Å². The third-order valence-corrected chi connectivity index (χ3v) is 3.81. The molecule has 0 amide bonds. The number of halogens is 1. The molecule has 1 aromatic heterocycles. The molecule has 1 atom stereocenters. The summed E-state index contributed by atoms with van der Waals surface area (Å²) in [6, 6.07) is 0. The molecule has 2 rings (SSSR count). The summed E-state index contributed by atoms with van der Waals surface area (Å²) in [5, 5.41) is 3.51. The van der Waals surface area contributed by atoms with E-state index >= 15 is 0 Å². The maximum atomic E-state index is 5.80. The Morgan fingerprint density at radius 1 is 1.71 bits per heavy atom. The highest BCUT2D eigenvalue weighted by Crippen LogP contribution is 2.27. The lowest BCUT2D eigenvalue weighted by atomic mass is 9.99. The topological polar surface area (TPSA) is 42.1 Å². The van der Waals surface area contributed by atoms with Crippen molar-refractivity contribution in [1.29, 1.82) is 0 Å². The van der Waals surface area contributed by atoms with Crippen LogP contribution in [0.25, 0.3) is 0 Å². The maximum absolute atomic E-state index is 5.80. The molecule has 1 aliphatic rings. The fraction of sp³-hybridized carbons (Fsp3) is 0.667. The average Bonchev–Trinajstić information content (AvgIpc) is 2.65. The number of hydrogen-bond acceptors (Lipinski definition) is 4. The van der Waals surface area contributed by atoms with Crippen molar-refractivity contribution in [2.45, 2.75) is 12.8 Å². The Labute approximate surface area is 92.9 Å². The van der Waals surface area contributed by atoms with Crippen LogP contribution >= 0.6 is 22.9 Å². The van der Waals surface area contributed by atoms with Crippen molar-refractivity contribution in [2.75, 3.05) is 24.5 Å². The van der Waals surface area contributed by atoms with Gasteiger partial charge >= 0.3 is 0 Å². The molecule has 0 aromatic carbocycles. The van der Waals surface area contributed by atoms with Gasteiger partial charge in [0.25, 0.3) is 0 Å². The molecule has 0 aliphatic carbocycles. The second-order valence-corrected chi connectivity index (χ2v) is 4.87. The van der Waals surface area contributed by atoms with E-state index in [9.17, 15) is 0 Å². The van der Waals surface area contributed by atoms with Gasteiger partial charge in [-0.1, -0.05) is 11.6 Å². The zero-order valence-electron chi connectivity index (χ0n) is 7.95. The molecule has 0 spiro atoms. The van der Waals surface area contributed by atoms with Gasteiger partial charge in [0.1, 0.15) is 5.15 Å². The van der Waals surface area contributed by atoms with Gasteiger partial charge in [-0.2, -0.15) is 0 Å². The van der Waals surface area contributed by atoms with Gasteiger partial charge in [0.15, 0.2) is 5.13 Å². The van der Waals surface area contributed by atoms with Gasteiger partial charge in [0, 0.05) is 18.5 Å². The second kappa shape index (κ2) is 4.47. The molecule has 0 saturated carbocycles. The number of thiazole rings is 1. The fourth-order valence-electron chi connectivity index (χ4n) is 1.82. The summed E-state index contributed by atoms with van der Waals surface area (Å²) in [6.07, 6.45) is 2.45. The Hall–Kier alpha value is -0.320. The third kappa shape index (κ3) is 2.19. The summed E-state index contributed by atoms with van der Waals surface area (Å²) in [4.78, 5) is 6.56. The molecule has 5 heteroatoms. The van der Waals surface area contributed by atoms with Crippen LogP contribution in [0, 0.1) is 5.92 Å². The van der Waals surface area contributed by atoms with Gasteiger partial charge in [-0.15, -0.1) is 11.3 Å². The molecule has 3 nitrogen and oxygen atoms in total. The van der Waals surface area contributed by atoms with E-state index < -0.39 is 0 Å². The Morgan fingerprint density at radius 2 is 2.57 bits per heavy atom. The van der Waals surface area contributed by atoms with Crippen LogP contribution in [-0.4, -0.2) is 24.6 Å². The van der Waals surface area contributed by atoms with Crippen molar-refractivity contribution >= 4 is 28.1 Å². The fourth-order valence-corrected chi connectivity index (χ4v) is 2.81. The molecule has 1 saturated heterocycles. The number of piperidine rings is 1. The van der Waals surface area contributed by atoms with Crippen LogP contribution < -0.4 is 10.6 Å². The van der Waals surface area contributed by atoms with Gasteiger partial charge in [-0.3, -0.25) is 0 Å². The Bertz CT molecular complexity index is 302. The molecule has 2 N–H and O–H groups in total. The highest BCUT2D eigenvalue weighted by atomic mass is 35.5. The highest BCUT2D eigenvalue weighted by molar-refractivity contribution is 7.14. The van der Waals surface area contributed by atoms with Gasteiger partial charge in [-0.05, 0) is 25.3 Å². The van der Waals surface area contributed by atoms with Gasteiger partial charge in [0.2, 0.25) is 0 Å². The van der Waals surface area contributed by atoms with Gasteiger partial charge in [0.05, 0.1) is 0 Å². The molecule has 0 radical (unpaired) electrons. The van der Waals surface area contributed by atoms with E-state index in [2.05, 4.69) is 9.88 Å². The average molecular weight is 232 g/mol. The van der Waals surface area contributed by atoms with E-state index in [-0.39, 0.29) is 0 Å². The van der Waals surface area contributed by atoms with Gasteiger partial charge in [-0.25, -0.2) is 4.98 Å². The molecule has 1 fully saturated rings. The number of rotatable bonds is 2. The lowest BCUT2D eigenvalue weighted by Gasteiger charge is -2.31. The Morgan fingerprint density at radius 3 is 3.21 bits per heavy atom. The molecular formula is C9H14ClN3S. The monoisotopic (exact) mass is 231 g/mol. The quantitative estimate of drug-likeness (QED) is 0.847. The molecule has 0 bridgehead atoms. The summed E-state index contributed by atoms with van der Waals surface area (Å²) in [5.74, 6) is 0.617. The summed E-state index contributed by atoms with van der Waals surface area (Å²) >= 11 is 7.41. The number of nitrogens with two attached hydrogens (primary N) is 1. The van der Waals surface area contributed by atoms with Crippen LogP contribution in [0.2, 0.25) is 5.15 Å². The van der Waals surface area contributed by atoms with E-state index in [1.807, 2.05) is 5.38 Å². The molecule has 1 aromatic rings. The maximum Gasteiger partial charge on any atom is 0.186 e. The number of hydrogen-bond donors (Lipinski definition) is 1. The predicted octanol–water partition coefficient (Wildman–Crippen LogP) is 1.97. The minimum atomic E-state index is 0.597. The van der Waals surface area contributed by atoms with E-state index in [0.29, 0.717) is 11.1 Å². The highest BCUT2D eigenvalue weighted by Gasteiger charge is 2.20. The zero-order valence-corrected chi connectivity index (χ0v) is 9.52. The molecule has 14 heavy (non-hydrogen) atoms. The number of aromatic nitrogens is 1. The second-order valence-electron chi connectivity index (χ2n) is 3.64. The first-order valence-corrected chi connectivity index (χ1v) is 6.11. The first-order chi connectivity index (χ1) is 6.79. The minimum absolute atomic E-state index is 0.597. The lowest BCUT2D eigenvalue weighted by molar-refractivity contribution is 0.423. The van der Waals surface area contributed by atoms with Crippen LogP contribution in [0.5, 0.6) is 0 Å². The van der Waals surface area contributed by atoms with Crippen LogP contribution in [-0.2, 0) is 0 Å². The molecule has 78 valence electrons. The SMILES string of the molecule is NCC1CCCN(c2nc(Cl)cs2)C1. The van der Waals surface area contributed by atoms with Gasteiger partial charge < -0.3 is 10.6 Å². The number of nitrogens with zero attached hydrogens (tertiary/aromatic N) is 2. The summed E-state index contributed by atoms with van der Waals surface area (Å²) in [7, 11) is 0. The standard InChI is InChI=1S/C9H14ClN3S/c10-8-6-14-9(12-8)13-3-1-2-7(4-11)5-13/h6-7H,1-5,11H2. The van der Waals surface area contributed by atoms with Crippen molar-refractivity contribution in [3.05, 3.63) is 10.5 Å². The van der Waals surface area contributed by atoms with Crippen molar-refractivity contribution in [2.24, 2.45) is 11.7 Å². The lowest BCUT2D eigenvalue weighted by Crippen LogP contribution is -2.38. The summed E-state index contributed by atoms with van der Waals surface area (Å²) < 4.78 is 0. The molecule has 1 unspecified atom stereocenters. The van der Waals surface area contributed by atoms with Crippen LogP contribution in [0.15, 0.2) is 5.38 Å². The minimum Gasteiger partial charge on any atom is -0.348 e. The van der Waals surface area contributed by atoms with Crippen molar-refractivity contribution < 1.29 is 0 Å². The first-order valence-electron chi connectivity index (χ1n) is 4.85.